The maximum atomic E-state index is 15.0. The molecule has 2 fully saturated rings. The zero-order chi connectivity index (χ0) is 46.8. The third kappa shape index (κ3) is 9.35. The molecule has 7 amide bonds. The molecular weight excluding hydrogens is 869 g/mol. The molecule has 1 unspecified atom stereocenters. The number of hydrogen-bond donors (Lipinski definition) is 4. The van der Waals surface area contributed by atoms with Gasteiger partial charge >= 0.3 is 6.03 Å². The van der Waals surface area contributed by atoms with Crippen LogP contribution in [0.3, 0.4) is 0 Å². The fraction of sp³-hybridized carbons (Fsp3) is 0.489. The maximum absolute atomic E-state index is 15.0. The van der Waals surface area contributed by atoms with Crippen molar-refractivity contribution >= 4 is 52.8 Å². The van der Waals surface area contributed by atoms with Crippen molar-refractivity contribution in [2.45, 2.75) is 102 Å². The van der Waals surface area contributed by atoms with Gasteiger partial charge in [0.1, 0.15) is 12.6 Å². The van der Waals surface area contributed by atoms with Gasteiger partial charge < -0.3 is 30.5 Å². The predicted molar refractivity (Wildman–Crippen MR) is 241 cm³/mol. The lowest BCUT2D eigenvalue weighted by molar-refractivity contribution is -0.136. The summed E-state index contributed by atoms with van der Waals surface area (Å²) in [5, 5.41) is 20.7. The first-order valence-corrected chi connectivity index (χ1v) is 23.2. The van der Waals surface area contributed by atoms with Crippen molar-refractivity contribution in [3.8, 4) is 11.1 Å². The van der Waals surface area contributed by atoms with Crippen LogP contribution in [0.25, 0.3) is 11.1 Å². The number of alkyl halides is 2. The Morgan fingerprint density at radius 2 is 1.70 bits per heavy atom. The Labute approximate surface area is 385 Å². The van der Waals surface area contributed by atoms with Gasteiger partial charge in [-0.3, -0.25) is 43.6 Å². The van der Waals surface area contributed by atoms with E-state index in [0.29, 0.717) is 87.1 Å². The minimum atomic E-state index is -2.78. The van der Waals surface area contributed by atoms with Crippen molar-refractivity contribution in [2.75, 3.05) is 56.7 Å². The number of aromatic nitrogens is 4. The Bertz CT molecular complexity index is 2590. The van der Waals surface area contributed by atoms with Gasteiger partial charge in [0.25, 0.3) is 18.2 Å². The molecule has 5 aliphatic rings. The van der Waals surface area contributed by atoms with E-state index in [2.05, 4.69) is 31.0 Å². The van der Waals surface area contributed by atoms with E-state index in [1.54, 1.807) is 42.4 Å². The summed E-state index contributed by atoms with van der Waals surface area (Å²) in [6.07, 6.45) is 7.59. The molecule has 4 aromatic rings. The minimum Gasteiger partial charge on any atom is -0.385 e. The summed E-state index contributed by atoms with van der Waals surface area (Å²) in [5.74, 6) is -1.72. The van der Waals surface area contributed by atoms with E-state index in [0.717, 1.165) is 66.7 Å². The topological polar surface area (TPSA) is 205 Å². The highest BCUT2D eigenvalue weighted by Crippen LogP contribution is 2.44. The number of hydrogen-bond acceptors (Lipinski definition) is 11. The molecule has 4 N–H and O–H groups in total. The first-order valence-electron chi connectivity index (χ1n) is 23.2. The highest BCUT2D eigenvalue weighted by Gasteiger charge is 2.45. The molecule has 354 valence electrons. The number of rotatable bonds is 15. The van der Waals surface area contributed by atoms with Gasteiger partial charge in [0.15, 0.2) is 5.82 Å². The summed E-state index contributed by atoms with van der Waals surface area (Å²) in [5.41, 5.74) is 5.47. The van der Waals surface area contributed by atoms with Crippen molar-refractivity contribution in [2.24, 2.45) is 0 Å². The summed E-state index contributed by atoms with van der Waals surface area (Å²) in [6, 6.07) is 7.27. The standard InChI is InChI=1S/C47H55F2N11O7/c1-50-47(66)56-18-12-37-36(26-56)43(55-60(37)31-13-19-67-20-14-31)58-17-6-7-28-21-33(34(42(48)49)23-39(28)58)29-24-53-57(25-29)27-41(62)52-16-5-3-2-4-15-51-30-8-9-32-35(22-30)46(65)59(45(32)64)38-10-11-40(61)54-44(38)63/h8-9,21-25,31,38,42,51H,2-7,10-20,26-27H2,1H3,(H,50,66)(H,52,62)(H,54,61,63). The highest BCUT2D eigenvalue weighted by molar-refractivity contribution is 6.23. The van der Waals surface area contributed by atoms with Crippen molar-refractivity contribution in [3.05, 3.63) is 76.2 Å². The largest absolute Gasteiger partial charge is 0.385 e. The molecule has 1 atom stereocenters. The number of urea groups is 1. The monoisotopic (exact) mass is 923 g/mol. The van der Waals surface area contributed by atoms with Crippen LogP contribution >= 0.6 is 0 Å². The third-order valence-corrected chi connectivity index (χ3v) is 13.4. The summed E-state index contributed by atoms with van der Waals surface area (Å²) in [4.78, 5) is 80.4. The molecule has 0 saturated carbocycles. The first kappa shape index (κ1) is 45.5. The number of anilines is 3. The number of halogens is 2. The van der Waals surface area contributed by atoms with Crippen LogP contribution in [0.2, 0.25) is 0 Å². The van der Waals surface area contributed by atoms with Crippen LogP contribution in [0.5, 0.6) is 0 Å². The first-order chi connectivity index (χ1) is 32.5. The Balaban J connectivity index is 0.771. The zero-order valence-corrected chi connectivity index (χ0v) is 37.5. The van der Waals surface area contributed by atoms with Gasteiger partial charge in [-0.2, -0.15) is 10.2 Å². The van der Waals surface area contributed by atoms with Crippen LogP contribution in [-0.2, 0) is 45.1 Å². The molecule has 0 radical (unpaired) electrons. The number of nitrogens with zero attached hydrogens (tertiary/aromatic N) is 7. The van der Waals surface area contributed by atoms with Gasteiger partial charge in [-0.05, 0) is 86.4 Å². The number of nitrogens with one attached hydrogen (secondary N) is 4. The SMILES string of the molecule is CNC(=O)N1CCc2c(c(N3CCCc4cc(-c5cnn(CC(=O)NCCCCCCNc6ccc7c(c6)C(=O)N(C6CCC(=O)NC6=O)C7=O)c5)c(C(F)F)cc43)nn2C2CCOCC2)C1. The molecule has 5 aliphatic heterocycles. The molecule has 0 aliphatic carbocycles. The van der Waals surface area contributed by atoms with Crippen LogP contribution in [0.15, 0.2) is 42.7 Å². The molecule has 9 rings (SSSR count). The molecule has 67 heavy (non-hydrogen) atoms. The summed E-state index contributed by atoms with van der Waals surface area (Å²) in [6.45, 7) is 3.82. The Morgan fingerprint density at radius 3 is 2.48 bits per heavy atom. The van der Waals surface area contributed by atoms with Gasteiger partial charge in [-0.15, -0.1) is 0 Å². The Kier molecular flexibility index (Phi) is 13.3. The molecule has 0 spiro atoms. The Morgan fingerprint density at radius 1 is 0.910 bits per heavy atom. The summed E-state index contributed by atoms with van der Waals surface area (Å²) in [7, 11) is 1.61. The normalized spacial score (nSPS) is 18.5. The molecule has 18 nitrogen and oxygen atoms in total. The molecule has 2 aromatic heterocycles. The van der Waals surface area contributed by atoms with Crippen molar-refractivity contribution < 1.29 is 42.3 Å². The average Bonchev–Trinajstić information content (AvgIpc) is 4.03. The van der Waals surface area contributed by atoms with E-state index in [-0.39, 0.29) is 54.1 Å². The lowest BCUT2D eigenvalue weighted by atomic mass is 9.92. The van der Waals surface area contributed by atoms with Crippen LogP contribution in [-0.4, -0.2) is 117 Å². The van der Waals surface area contributed by atoms with E-state index >= 15 is 0 Å². The van der Waals surface area contributed by atoms with Crippen molar-refractivity contribution in [3.63, 3.8) is 0 Å². The second kappa shape index (κ2) is 19.6. The van der Waals surface area contributed by atoms with Crippen LogP contribution in [0.4, 0.5) is 30.8 Å². The number of carbonyl (C=O) groups is 6. The van der Waals surface area contributed by atoms with Crippen molar-refractivity contribution in [1.29, 1.82) is 0 Å². The quantitative estimate of drug-likeness (QED) is 0.0922. The zero-order valence-electron chi connectivity index (χ0n) is 37.5. The predicted octanol–water partition coefficient (Wildman–Crippen LogP) is 5.01. The molecule has 7 heterocycles. The number of unbranched alkanes of at least 4 members (excludes halogenated alkanes) is 3. The van der Waals surface area contributed by atoms with Gasteiger partial charge in [0.2, 0.25) is 17.7 Å². The number of carbonyl (C=O) groups excluding carboxylic acids is 6. The number of fused-ring (bicyclic) bond motifs is 3. The van der Waals surface area contributed by atoms with E-state index in [1.165, 1.54) is 10.9 Å². The van der Waals surface area contributed by atoms with E-state index in [4.69, 9.17) is 9.84 Å². The number of imide groups is 2. The molecule has 2 aromatic carbocycles. The number of benzene rings is 2. The van der Waals surface area contributed by atoms with Gasteiger partial charge in [0.05, 0.1) is 29.9 Å². The van der Waals surface area contributed by atoms with E-state index < -0.39 is 36.1 Å². The van der Waals surface area contributed by atoms with Crippen LogP contribution in [0.1, 0.15) is 113 Å². The second-order valence-electron chi connectivity index (χ2n) is 17.7. The Hall–Kier alpha value is -6.70. The minimum absolute atomic E-state index is 0.0557. The second-order valence-corrected chi connectivity index (χ2v) is 17.7. The van der Waals surface area contributed by atoms with E-state index in [9.17, 15) is 37.5 Å². The van der Waals surface area contributed by atoms with E-state index in [1.807, 2.05) is 11.0 Å². The molecule has 2 saturated heterocycles. The lowest BCUT2D eigenvalue weighted by Gasteiger charge is -2.33. The fourth-order valence-corrected chi connectivity index (χ4v) is 9.94. The average molecular weight is 924 g/mol. The van der Waals surface area contributed by atoms with Crippen LogP contribution in [0, 0.1) is 0 Å². The number of piperidine rings is 1. The van der Waals surface area contributed by atoms with Gasteiger partial charge in [0, 0.05) is 99.2 Å². The van der Waals surface area contributed by atoms with Crippen molar-refractivity contribution in [1.82, 2.24) is 45.3 Å². The molecule has 0 bridgehead atoms. The number of ether oxygens (including phenoxy) is 1. The van der Waals surface area contributed by atoms with Crippen LogP contribution < -0.4 is 26.2 Å². The summed E-state index contributed by atoms with van der Waals surface area (Å²) >= 11 is 0. The third-order valence-electron chi connectivity index (χ3n) is 13.4. The maximum Gasteiger partial charge on any atom is 0.317 e. The molecule has 20 heteroatoms. The number of amides is 7. The summed E-state index contributed by atoms with van der Waals surface area (Å²) < 4.78 is 39.2. The van der Waals surface area contributed by atoms with Gasteiger partial charge in [-0.1, -0.05) is 12.8 Å². The smallest absolute Gasteiger partial charge is 0.317 e. The van der Waals surface area contributed by atoms with Gasteiger partial charge in [-0.25, -0.2) is 13.6 Å². The number of aryl methyl sites for hydroxylation is 1. The fourth-order valence-electron chi connectivity index (χ4n) is 9.94. The molecular formula is C47H55F2N11O7. The highest BCUT2D eigenvalue weighted by atomic mass is 19.3. The lowest BCUT2D eigenvalue weighted by Crippen LogP contribution is -2.54.